The van der Waals surface area contributed by atoms with Crippen LogP contribution in [0.15, 0.2) is 22.6 Å². The average molecular weight is 403 g/mol. The van der Waals surface area contributed by atoms with Gasteiger partial charge in [0, 0.05) is 23.1 Å². The maximum absolute atomic E-state index is 11.4. The molecule has 8 nitrogen and oxygen atoms in total. The Balaban J connectivity index is 2.03. The number of thiazole rings is 1. The number of nitrogens with one attached hydrogen (secondary N) is 1. The van der Waals surface area contributed by atoms with E-state index in [0.29, 0.717) is 23.0 Å². The molecular weight excluding hydrogens is 391 g/mol. The number of ether oxygens (including phenoxy) is 1. The maximum atomic E-state index is 11.4. The van der Waals surface area contributed by atoms with Gasteiger partial charge in [0.05, 0.1) is 39.9 Å². The van der Waals surface area contributed by atoms with E-state index in [4.69, 9.17) is 27.9 Å². The molecule has 0 aliphatic heterocycles. The highest BCUT2D eigenvalue weighted by Crippen LogP contribution is 2.29. The van der Waals surface area contributed by atoms with E-state index in [1.165, 1.54) is 29.7 Å². The van der Waals surface area contributed by atoms with Crippen LogP contribution in [0.1, 0.15) is 18.2 Å². The van der Waals surface area contributed by atoms with E-state index in [-0.39, 0.29) is 28.1 Å². The van der Waals surface area contributed by atoms with Gasteiger partial charge in [0.2, 0.25) is 5.13 Å². The highest BCUT2D eigenvalue weighted by molar-refractivity contribution is 7.13. The van der Waals surface area contributed by atoms with E-state index in [2.05, 4.69) is 15.5 Å². The summed E-state index contributed by atoms with van der Waals surface area (Å²) in [5.41, 5.74) is 3.38. The van der Waals surface area contributed by atoms with Crippen LogP contribution in [0, 0.1) is 10.1 Å². The minimum atomic E-state index is -0.586. The fourth-order valence-corrected chi connectivity index (χ4v) is 2.98. The largest absolute Gasteiger partial charge is 0.466 e. The first-order chi connectivity index (χ1) is 11.9. The molecule has 0 amide bonds. The molecule has 2 rings (SSSR count). The molecule has 0 atom stereocenters. The SMILES string of the molecule is CCOC(=O)Cc1csc(NN=Cc2c(Cl)cc([N+](=O)[O-])cc2Cl)n1. The van der Waals surface area contributed by atoms with Gasteiger partial charge >= 0.3 is 5.97 Å². The van der Waals surface area contributed by atoms with Gasteiger partial charge in [-0.05, 0) is 6.92 Å². The molecule has 0 bridgehead atoms. The van der Waals surface area contributed by atoms with E-state index in [1.54, 1.807) is 12.3 Å². The number of nitro benzene ring substituents is 1. The number of nitrogens with zero attached hydrogens (tertiary/aromatic N) is 3. The number of hydrogen-bond donors (Lipinski definition) is 1. The fourth-order valence-electron chi connectivity index (χ4n) is 1.75. The van der Waals surface area contributed by atoms with Crippen LogP contribution < -0.4 is 5.43 Å². The zero-order valence-corrected chi connectivity index (χ0v) is 15.2. The fraction of sp³-hybridized carbons (Fsp3) is 0.214. The minimum absolute atomic E-state index is 0.0791. The molecule has 1 N–H and O–H groups in total. The number of aromatic nitrogens is 1. The Kier molecular flexibility index (Phi) is 6.68. The molecule has 2 aromatic rings. The Morgan fingerprint density at radius 1 is 1.48 bits per heavy atom. The van der Waals surface area contributed by atoms with E-state index < -0.39 is 4.92 Å². The summed E-state index contributed by atoms with van der Waals surface area (Å²) in [4.78, 5) is 25.7. The zero-order chi connectivity index (χ0) is 18.4. The van der Waals surface area contributed by atoms with Gasteiger partial charge in [0.15, 0.2) is 0 Å². The summed E-state index contributed by atoms with van der Waals surface area (Å²) in [6, 6.07) is 2.38. The van der Waals surface area contributed by atoms with Crippen molar-refractivity contribution in [3.05, 3.63) is 48.9 Å². The predicted octanol–water partition coefficient (Wildman–Crippen LogP) is 3.91. The molecule has 0 saturated heterocycles. The van der Waals surface area contributed by atoms with Crippen molar-refractivity contribution in [3.8, 4) is 0 Å². The van der Waals surface area contributed by atoms with Crippen LogP contribution in [0.4, 0.5) is 10.8 Å². The van der Waals surface area contributed by atoms with Gasteiger partial charge in [0.25, 0.3) is 5.69 Å². The number of nitro groups is 1. The summed E-state index contributed by atoms with van der Waals surface area (Å²) in [5, 5.41) is 17.1. The number of benzene rings is 1. The third-order valence-corrected chi connectivity index (χ3v) is 4.23. The molecule has 1 aromatic heterocycles. The third-order valence-electron chi connectivity index (χ3n) is 2.81. The van der Waals surface area contributed by atoms with Gasteiger partial charge in [-0.1, -0.05) is 23.2 Å². The summed E-state index contributed by atoms with van der Waals surface area (Å²) in [7, 11) is 0. The number of halogens is 2. The van der Waals surface area contributed by atoms with Crippen molar-refractivity contribution in [3.63, 3.8) is 0 Å². The third kappa shape index (κ3) is 5.38. The summed E-state index contributed by atoms with van der Waals surface area (Å²) in [5.74, 6) is -0.354. The average Bonchev–Trinajstić information content (AvgIpc) is 2.97. The van der Waals surface area contributed by atoms with Gasteiger partial charge in [-0.15, -0.1) is 11.3 Å². The van der Waals surface area contributed by atoms with Gasteiger partial charge < -0.3 is 4.74 Å². The molecule has 0 unspecified atom stereocenters. The second-order valence-corrected chi connectivity index (χ2v) is 6.25. The quantitative estimate of drug-likeness (QED) is 0.325. The Labute approximate surface area is 156 Å². The van der Waals surface area contributed by atoms with Crippen LogP contribution in [-0.2, 0) is 16.0 Å². The number of carbonyl (C=O) groups excluding carboxylic acids is 1. The molecule has 0 spiro atoms. The van der Waals surface area contributed by atoms with Crippen molar-refractivity contribution in [1.29, 1.82) is 0 Å². The number of anilines is 1. The van der Waals surface area contributed by atoms with Crippen molar-refractivity contribution >= 4 is 57.5 Å². The molecular formula is C14H12Cl2N4O4S. The summed E-state index contributed by atoms with van der Waals surface area (Å²) >= 11 is 13.2. The monoisotopic (exact) mass is 402 g/mol. The molecule has 0 radical (unpaired) electrons. The minimum Gasteiger partial charge on any atom is -0.466 e. The number of rotatable bonds is 7. The highest BCUT2D eigenvalue weighted by atomic mass is 35.5. The summed E-state index contributed by atoms with van der Waals surface area (Å²) in [6.45, 7) is 2.05. The molecule has 0 aliphatic rings. The number of hydrogen-bond acceptors (Lipinski definition) is 8. The van der Waals surface area contributed by atoms with Gasteiger partial charge in [-0.2, -0.15) is 5.10 Å². The van der Waals surface area contributed by atoms with E-state index in [9.17, 15) is 14.9 Å². The molecule has 25 heavy (non-hydrogen) atoms. The van der Waals surface area contributed by atoms with Crippen LogP contribution in [0.2, 0.25) is 10.0 Å². The summed E-state index contributed by atoms with van der Waals surface area (Å²) in [6.07, 6.45) is 1.41. The lowest BCUT2D eigenvalue weighted by Gasteiger charge is -2.01. The van der Waals surface area contributed by atoms with E-state index in [0.717, 1.165) is 0 Å². The molecule has 132 valence electrons. The molecule has 1 heterocycles. The normalized spacial score (nSPS) is 10.8. The topological polar surface area (TPSA) is 107 Å². The first-order valence-corrected chi connectivity index (χ1v) is 8.56. The predicted molar refractivity (Wildman–Crippen MR) is 96.8 cm³/mol. The van der Waals surface area contributed by atoms with Crippen molar-refractivity contribution in [2.45, 2.75) is 13.3 Å². The second-order valence-electron chi connectivity index (χ2n) is 4.58. The lowest BCUT2D eigenvalue weighted by molar-refractivity contribution is -0.384. The van der Waals surface area contributed by atoms with Crippen molar-refractivity contribution in [2.24, 2.45) is 5.10 Å². The van der Waals surface area contributed by atoms with Crippen molar-refractivity contribution in [1.82, 2.24) is 4.98 Å². The Hall–Kier alpha value is -2.23. The van der Waals surface area contributed by atoms with Crippen molar-refractivity contribution < 1.29 is 14.5 Å². The van der Waals surface area contributed by atoms with Crippen LogP contribution in [0.5, 0.6) is 0 Å². The highest BCUT2D eigenvalue weighted by Gasteiger charge is 2.13. The van der Waals surface area contributed by atoms with E-state index >= 15 is 0 Å². The first kappa shape index (κ1) is 19.1. The molecule has 0 fully saturated rings. The summed E-state index contributed by atoms with van der Waals surface area (Å²) < 4.78 is 4.85. The number of esters is 1. The Morgan fingerprint density at radius 2 is 2.16 bits per heavy atom. The van der Waals surface area contributed by atoms with Gasteiger partial charge in [-0.25, -0.2) is 4.98 Å². The Morgan fingerprint density at radius 3 is 2.76 bits per heavy atom. The van der Waals surface area contributed by atoms with Crippen molar-refractivity contribution in [2.75, 3.05) is 12.0 Å². The lowest BCUT2D eigenvalue weighted by atomic mass is 10.2. The van der Waals surface area contributed by atoms with Crippen LogP contribution in [-0.4, -0.2) is 28.7 Å². The molecule has 0 saturated carbocycles. The first-order valence-electron chi connectivity index (χ1n) is 6.93. The van der Waals surface area contributed by atoms with Gasteiger partial charge in [-0.3, -0.25) is 20.3 Å². The second kappa shape index (κ2) is 8.75. The zero-order valence-electron chi connectivity index (χ0n) is 12.9. The smallest absolute Gasteiger partial charge is 0.311 e. The molecule has 11 heteroatoms. The van der Waals surface area contributed by atoms with Crippen LogP contribution >= 0.6 is 34.5 Å². The standard InChI is InChI=1S/C14H12Cl2N4O4S/c1-2-24-13(21)3-8-7-25-14(18-8)19-17-6-10-11(15)4-9(20(22)23)5-12(10)16/h4-7H,2-3H2,1H3,(H,18,19). The lowest BCUT2D eigenvalue weighted by Crippen LogP contribution is -2.07. The van der Waals surface area contributed by atoms with Crippen LogP contribution in [0.25, 0.3) is 0 Å². The Bertz CT molecular complexity index is 802. The van der Waals surface area contributed by atoms with E-state index in [1.807, 2.05) is 0 Å². The molecule has 1 aromatic carbocycles. The number of carbonyl (C=O) groups is 1. The number of non-ortho nitro benzene ring substituents is 1. The van der Waals surface area contributed by atoms with Gasteiger partial charge in [0.1, 0.15) is 0 Å². The number of hydrazone groups is 1. The van der Waals surface area contributed by atoms with Crippen LogP contribution in [0.3, 0.4) is 0 Å². The maximum Gasteiger partial charge on any atom is 0.311 e. The molecule has 0 aliphatic carbocycles.